The lowest BCUT2D eigenvalue weighted by atomic mass is 9.67. The van der Waals surface area contributed by atoms with Gasteiger partial charge < -0.3 is 9.47 Å². The van der Waals surface area contributed by atoms with Crippen molar-refractivity contribution in [3.8, 4) is 28.9 Å². The summed E-state index contributed by atoms with van der Waals surface area (Å²) >= 11 is 0. The highest BCUT2D eigenvalue weighted by Crippen LogP contribution is 2.56. The Morgan fingerprint density at radius 3 is 1.56 bits per heavy atom. The molecule has 3 nitrogen and oxygen atoms in total. The molecular formula is C29H23NO2. The fourth-order valence-electron chi connectivity index (χ4n) is 5.01. The van der Waals surface area contributed by atoms with E-state index in [-0.39, 0.29) is 0 Å². The third-order valence-electron chi connectivity index (χ3n) is 6.42. The van der Waals surface area contributed by atoms with Gasteiger partial charge in [-0.2, -0.15) is 0 Å². The third-order valence-corrected chi connectivity index (χ3v) is 6.42. The molecule has 0 bridgehead atoms. The smallest absolute Gasteiger partial charge is 0.292 e. The van der Waals surface area contributed by atoms with Gasteiger partial charge in [-0.25, -0.2) is 0 Å². The molecule has 1 aliphatic carbocycles. The van der Waals surface area contributed by atoms with E-state index in [1.165, 1.54) is 38.9 Å². The molecule has 4 aromatic carbocycles. The van der Waals surface area contributed by atoms with Crippen LogP contribution in [0.25, 0.3) is 11.1 Å². The highest BCUT2D eigenvalue weighted by atomic mass is 16.5. The molecule has 0 amide bonds. The van der Waals surface area contributed by atoms with Crippen molar-refractivity contribution < 1.29 is 9.47 Å². The summed E-state index contributed by atoms with van der Waals surface area (Å²) in [6.07, 6.45) is 1.76. The lowest BCUT2D eigenvalue weighted by Gasteiger charge is -2.34. The first-order valence-electron chi connectivity index (χ1n) is 10.6. The molecule has 0 unspecified atom stereocenters. The number of aryl methyl sites for hydroxylation is 2. The Bertz CT molecular complexity index is 1290. The Kier molecular flexibility index (Phi) is 4.72. The van der Waals surface area contributed by atoms with Crippen molar-refractivity contribution in [2.75, 3.05) is 7.11 Å². The summed E-state index contributed by atoms with van der Waals surface area (Å²) in [7, 11) is 1.69. The second kappa shape index (κ2) is 7.59. The molecule has 0 fully saturated rings. The highest BCUT2D eigenvalue weighted by Gasteiger charge is 2.46. The molecule has 0 radical (unpaired) electrons. The van der Waals surface area contributed by atoms with E-state index in [2.05, 4.69) is 74.5 Å². The van der Waals surface area contributed by atoms with Crippen LogP contribution < -0.4 is 9.47 Å². The van der Waals surface area contributed by atoms with Crippen molar-refractivity contribution in [3.05, 3.63) is 118 Å². The summed E-state index contributed by atoms with van der Waals surface area (Å²) in [6, 6.07) is 29.6. The molecule has 32 heavy (non-hydrogen) atoms. The van der Waals surface area contributed by atoms with Gasteiger partial charge in [0.1, 0.15) is 11.5 Å². The Morgan fingerprint density at radius 2 is 1.12 bits per heavy atom. The number of hydrogen-bond acceptors (Lipinski definition) is 3. The van der Waals surface area contributed by atoms with Crippen LogP contribution in [0.2, 0.25) is 0 Å². The van der Waals surface area contributed by atoms with Crippen LogP contribution in [-0.4, -0.2) is 7.11 Å². The summed E-state index contributed by atoms with van der Waals surface area (Å²) in [4.78, 5) is 0. The van der Waals surface area contributed by atoms with Crippen molar-refractivity contribution in [2.24, 2.45) is 0 Å². The fraction of sp³-hybridized carbons (Fsp3) is 0.138. The maximum absolute atomic E-state index is 8.92. The number of rotatable bonds is 4. The summed E-state index contributed by atoms with van der Waals surface area (Å²) in [5.41, 5.74) is 9.27. The molecule has 0 atom stereocenters. The van der Waals surface area contributed by atoms with Gasteiger partial charge in [-0.15, -0.1) is 5.26 Å². The van der Waals surface area contributed by atoms with Crippen LogP contribution >= 0.6 is 0 Å². The van der Waals surface area contributed by atoms with E-state index >= 15 is 0 Å². The molecule has 0 aliphatic heterocycles. The number of nitriles is 1. The number of methoxy groups -OCH3 is 1. The molecule has 0 saturated carbocycles. The SMILES string of the molecule is COc1ccc(C2(c3ccc(OC#N)cc3)c3cc(C)ccc3-c3ccc(C)cc32)cc1. The lowest BCUT2D eigenvalue weighted by Crippen LogP contribution is -2.28. The molecule has 0 aromatic heterocycles. The average Bonchev–Trinajstić information content (AvgIpc) is 3.09. The molecule has 4 aromatic rings. The van der Waals surface area contributed by atoms with Crippen LogP contribution in [0.4, 0.5) is 0 Å². The second-order valence-corrected chi connectivity index (χ2v) is 8.29. The molecule has 0 saturated heterocycles. The van der Waals surface area contributed by atoms with Gasteiger partial charge in [0, 0.05) is 0 Å². The van der Waals surface area contributed by atoms with Gasteiger partial charge in [-0.1, -0.05) is 71.8 Å². The van der Waals surface area contributed by atoms with E-state index in [1.54, 1.807) is 13.4 Å². The number of ether oxygens (including phenoxy) is 2. The molecule has 156 valence electrons. The quantitative estimate of drug-likeness (QED) is 0.312. The van der Waals surface area contributed by atoms with Gasteiger partial charge in [0.2, 0.25) is 0 Å². The number of fused-ring (bicyclic) bond motifs is 3. The zero-order valence-electron chi connectivity index (χ0n) is 18.3. The predicted octanol–water partition coefficient (Wildman–Crippen LogP) is 6.54. The molecule has 1 aliphatic rings. The lowest BCUT2D eigenvalue weighted by molar-refractivity contribution is 0.414. The van der Waals surface area contributed by atoms with Gasteiger partial charge in [0.05, 0.1) is 12.5 Å². The molecular weight excluding hydrogens is 394 g/mol. The molecule has 3 heteroatoms. The minimum absolute atomic E-state index is 0.486. The second-order valence-electron chi connectivity index (χ2n) is 8.29. The van der Waals surface area contributed by atoms with Crippen molar-refractivity contribution in [3.63, 3.8) is 0 Å². The highest BCUT2D eigenvalue weighted by molar-refractivity contribution is 5.86. The van der Waals surface area contributed by atoms with Crippen LogP contribution in [0.15, 0.2) is 84.9 Å². The zero-order chi connectivity index (χ0) is 22.3. The van der Waals surface area contributed by atoms with Gasteiger partial charge in [0.15, 0.2) is 0 Å². The van der Waals surface area contributed by atoms with Gasteiger partial charge in [0.25, 0.3) is 6.26 Å². The first-order chi connectivity index (χ1) is 15.6. The summed E-state index contributed by atoms with van der Waals surface area (Å²) in [5, 5.41) is 8.92. The van der Waals surface area contributed by atoms with Crippen molar-refractivity contribution >= 4 is 0 Å². The summed E-state index contributed by atoms with van der Waals surface area (Å²) in [6.45, 7) is 4.27. The first kappa shape index (κ1) is 19.9. The molecule has 0 heterocycles. The third kappa shape index (κ3) is 2.88. The van der Waals surface area contributed by atoms with E-state index < -0.39 is 5.41 Å². The van der Waals surface area contributed by atoms with Crippen LogP contribution in [0, 0.1) is 25.4 Å². The Hall–Kier alpha value is -4.03. The minimum atomic E-state index is -0.486. The molecule has 0 N–H and O–H groups in total. The Balaban J connectivity index is 1.89. The normalized spacial score (nSPS) is 13.1. The summed E-state index contributed by atoms with van der Waals surface area (Å²) < 4.78 is 10.5. The van der Waals surface area contributed by atoms with Crippen LogP contribution in [0.3, 0.4) is 0 Å². The largest absolute Gasteiger partial charge is 0.497 e. The molecule has 5 rings (SSSR count). The van der Waals surface area contributed by atoms with Gasteiger partial charge in [-0.3, -0.25) is 0 Å². The molecule has 0 spiro atoms. The van der Waals surface area contributed by atoms with Crippen LogP contribution in [0.1, 0.15) is 33.4 Å². The fourth-order valence-corrected chi connectivity index (χ4v) is 5.01. The topological polar surface area (TPSA) is 42.2 Å². The maximum atomic E-state index is 8.92. The van der Waals surface area contributed by atoms with E-state index in [4.69, 9.17) is 14.7 Å². The average molecular weight is 418 g/mol. The Morgan fingerprint density at radius 1 is 0.656 bits per heavy atom. The Labute approximate surface area is 188 Å². The number of hydrogen-bond donors (Lipinski definition) is 0. The standard InChI is InChI=1S/C29H23NO2/c1-19-4-14-25-26-15-5-20(2)17-28(26)29(27(25)16-19,21-6-10-23(31-3)11-7-21)22-8-12-24(13-9-22)32-18-30/h4-17H,1-3H3. The van der Waals surface area contributed by atoms with Crippen LogP contribution in [-0.2, 0) is 5.41 Å². The van der Waals surface area contributed by atoms with E-state index in [0.717, 1.165) is 11.3 Å². The van der Waals surface area contributed by atoms with Crippen molar-refractivity contribution in [1.82, 2.24) is 0 Å². The van der Waals surface area contributed by atoms with Gasteiger partial charge in [-0.05, 0) is 71.5 Å². The summed E-state index contributed by atoms with van der Waals surface area (Å²) in [5.74, 6) is 1.36. The van der Waals surface area contributed by atoms with E-state index in [0.29, 0.717) is 5.75 Å². The monoisotopic (exact) mass is 417 g/mol. The zero-order valence-corrected chi connectivity index (χ0v) is 18.3. The first-order valence-corrected chi connectivity index (χ1v) is 10.6. The minimum Gasteiger partial charge on any atom is -0.497 e. The van der Waals surface area contributed by atoms with Crippen LogP contribution in [0.5, 0.6) is 11.5 Å². The van der Waals surface area contributed by atoms with E-state index in [1.807, 2.05) is 24.3 Å². The number of benzene rings is 4. The number of nitrogens with zero attached hydrogens (tertiary/aromatic N) is 1. The predicted molar refractivity (Wildman–Crippen MR) is 126 cm³/mol. The van der Waals surface area contributed by atoms with E-state index in [9.17, 15) is 0 Å². The maximum Gasteiger partial charge on any atom is 0.292 e. The van der Waals surface area contributed by atoms with Crippen molar-refractivity contribution in [2.45, 2.75) is 19.3 Å². The van der Waals surface area contributed by atoms with Gasteiger partial charge >= 0.3 is 0 Å². The van der Waals surface area contributed by atoms with Crippen molar-refractivity contribution in [1.29, 1.82) is 5.26 Å².